The lowest BCUT2D eigenvalue weighted by molar-refractivity contribution is -0.290. The summed E-state index contributed by atoms with van der Waals surface area (Å²) >= 11 is 0. The van der Waals surface area contributed by atoms with Gasteiger partial charge in [0.1, 0.15) is 37.8 Å². The molecule has 1 fully saturated rings. The maximum absolute atomic E-state index is 11.3. The molecule has 5 N–H and O–H groups in total. The first-order valence-corrected chi connectivity index (χ1v) is 6.60. The first kappa shape index (κ1) is 19.8. The summed E-state index contributed by atoms with van der Waals surface area (Å²) in [5, 5.41) is 46.0. The van der Waals surface area contributed by atoms with Gasteiger partial charge in [-0.2, -0.15) is 0 Å². The van der Waals surface area contributed by atoms with Gasteiger partial charge in [0.05, 0.1) is 0 Å². The van der Waals surface area contributed by atoms with Gasteiger partial charge in [0.25, 0.3) is 0 Å². The van der Waals surface area contributed by atoms with E-state index in [9.17, 15) is 34.5 Å². The summed E-state index contributed by atoms with van der Waals surface area (Å²) in [7, 11) is 0. The maximum Gasteiger partial charge on any atom is 0.317 e. The molecule has 0 bridgehead atoms. The molecule has 0 radical (unpaired) electrons. The normalized spacial score (nSPS) is 29.5. The van der Waals surface area contributed by atoms with Crippen LogP contribution >= 0.6 is 0 Å². The van der Waals surface area contributed by atoms with Crippen molar-refractivity contribution in [2.45, 2.75) is 43.5 Å². The summed E-state index contributed by atoms with van der Waals surface area (Å²) < 4.78 is 13.9. The van der Waals surface area contributed by atoms with Crippen LogP contribution in [0.1, 0.15) is 12.8 Å². The third-order valence-corrected chi connectivity index (χ3v) is 2.93. The van der Waals surface area contributed by atoms with Gasteiger partial charge in [-0.1, -0.05) is 0 Å². The SMILES string of the molecule is O=C(O)CC(=O)OC[C@H]1O[C@@H](O)[C@H](O)[C@@H](OC(=O)CC(=O)O)[C@@H]1O. The smallest absolute Gasteiger partial charge is 0.317 e. The number of carboxylic acid groups (broad SMARTS) is 2. The number of aliphatic hydroxyl groups excluding tert-OH is 3. The Balaban J connectivity index is 2.68. The van der Waals surface area contributed by atoms with E-state index in [4.69, 9.17) is 14.9 Å². The Morgan fingerprint density at radius 3 is 1.96 bits per heavy atom. The standard InChI is InChI=1S/C12H16O12/c13-5(14)1-7(17)22-3-4-9(19)11(10(20)12(21)23-4)24-8(18)2-6(15)16/h4,9-12,19-21H,1-3H2,(H,13,14)(H,15,16)/t4-,9-,10-,11+,12-/m1/s1. The van der Waals surface area contributed by atoms with Gasteiger partial charge in [0.2, 0.25) is 0 Å². The van der Waals surface area contributed by atoms with E-state index in [1.807, 2.05) is 0 Å². The third-order valence-electron chi connectivity index (χ3n) is 2.93. The van der Waals surface area contributed by atoms with E-state index in [0.29, 0.717) is 0 Å². The molecular weight excluding hydrogens is 336 g/mol. The highest BCUT2D eigenvalue weighted by molar-refractivity contribution is 5.90. The minimum Gasteiger partial charge on any atom is -0.481 e. The van der Waals surface area contributed by atoms with Gasteiger partial charge >= 0.3 is 23.9 Å². The van der Waals surface area contributed by atoms with Gasteiger partial charge in [-0.3, -0.25) is 19.2 Å². The number of hydrogen-bond acceptors (Lipinski definition) is 10. The Morgan fingerprint density at radius 2 is 1.42 bits per heavy atom. The van der Waals surface area contributed by atoms with Crippen LogP contribution in [0.25, 0.3) is 0 Å². The van der Waals surface area contributed by atoms with Crippen molar-refractivity contribution in [2.75, 3.05) is 6.61 Å². The van der Waals surface area contributed by atoms with Crippen LogP contribution < -0.4 is 0 Å². The zero-order valence-electron chi connectivity index (χ0n) is 12.1. The minimum absolute atomic E-state index is 0.690. The first-order valence-electron chi connectivity index (χ1n) is 6.60. The summed E-state index contributed by atoms with van der Waals surface area (Å²) in [5.41, 5.74) is 0. The molecule has 1 aliphatic heterocycles. The van der Waals surface area contributed by atoms with Crippen molar-refractivity contribution in [3.05, 3.63) is 0 Å². The van der Waals surface area contributed by atoms with Gasteiger partial charge in [-0.15, -0.1) is 0 Å². The van der Waals surface area contributed by atoms with Crippen LogP contribution in [0.5, 0.6) is 0 Å². The number of esters is 2. The van der Waals surface area contributed by atoms with Crippen molar-refractivity contribution in [1.29, 1.82) is 0 Å². The summed E-state index contributed by atoms with van der Waals surface area (Å²) in [6.07, 6.45) is -10.7. The molecule has 1 aliphatic rings. The number of rotatable bonds is 7. The fourth-order valence-corrected chi connectivity index (χ4v) is 1.86. The summed E-state index contributed by atoms with van der Waals surface area (Å²) in [6, 6.07) is 0. The quantitative estimate of drug-likeness (QED) is 0.228. The van der Waals surface area contributed by atoms with E-state index in [0.717, 1.165) is 0 Å². The van der Waals surface area contributed by atoms with E-state index in [-0.39, 0.29) is 0 Å². The highest BCUT2D eigenvalue weighted by Crippen LogP contribution is 2.23. The molecule has 0 aromatic rings. The minimum atomic E-state index is -1.92. The molecule has 12 nitrogen and oxygen atoms in total. The fraction of sp³-hybridized carbons (Fsp3) is 0.667. The van der Waals surface area contributed by atoms with Gasteiger partial charge in [0.15, 0.2) is 12.4 Å². The van der Waals surface area contributed by atoms with Crippen LogP contribution in [0.2, 0.25) is 0 Å². The van der Waals surface area contributed by atoms with Gasteiger partial charge in [0, 0.05) is 0 Å². The summed E-state index contributed by atoms with van der Waals surface area (Å²) in [4.78, 5) is 43.2. The molecule has 1 heterocycles. The summed E-state index contributed by atoms with van der Waals surface area (Å²) in [5.74, 6) is -5.36. The number of aliphatic hydroxyl groups is 3. The fourth-order valence-electron chi connectivity index (χ4n) is 1.86. The monoisotopic (exact) mass is 352 g/mol. The Labute approximate surface area is 134 Å². The second-order valence-electron chi connectivity index (χ2n) is 4.82. The molecule has 5 atom stereocenters. The molecule has 24 heavy (non-hydrogen) atoms. The Kier molecular flexibility index (Phi) is 7.03. The molecule has 0 amide bonds. The van der Waals surface area contributed by atoms with Gasteiger partial charge in [-0.25, -0.2) is 0 Å². The van der Waals surface area contributed by atoms with Crippen LogP contribution in [0.4, 0.5) is 0 Å². The molecule has 0 aromatic heterocycles. The van der Waals surface area contributed by atoms with Crippen molar-refractivity contribution >= 4 is 23.9 Å². The summed E-state index contributed by atoms with van der Waals surface area (Å²) in [6.45, 7) is -0.690. The van der Waals surface area contributed by atoms with Gasteiger partial charge < -0.3 is 39.7 Å². The second-order valence-corrected chi connectivity index (χ2v) is 4.82. The molecule has 0 saturated carbocycles. The largest absolute Gasteiger partial charge is 0.481 e. The highest BCUT2D eigenvalue weighted by atomic mass is 16.7. The lowest BCUT2D eigenvalue weighted by atomic mass is 9.99. The third kappa shape index (κ3) is 5.73. The molecule has 136 valence electrons. The number of aliphatic carboxylic acids is 2. The molecule has 12 heteroatoms. The average Bonchev–Trinajstić information content (AvgIpc) is 2.44. The Morgan fingerprint density at radius 1 is 0.875 bits per heavy atom. The first-order chi connectivity index (χ1) is 11.1. The van der Waals surface area contributed by atoms with Crippen LogP contribution in [-0.2, 0) is 33.4 Å². The molecule has 1 rings (SSSR count). The molecule has 0 spiro atoms. The average molecular weight is 352 g/mol. The van der Waals surface area contributed by atoms with E-state index in [1.165, 1.54) is 0 Å². The van der Waals surface area contributed by atoms with E-state index < -0.39 is 74.0 Å². The zero-order chi connectivity index (χ0) is 18.4. The van der Waals surface area contributed by atoms with Crippen LogP contribution in [0.15, 0.2) is 0 Å². The number of carbonyl (C=O) groups excluding carboxylic acids is 2. The van der Waals surface area contributed by atoms with E-state index in [2.05, 4.69) is 9.47 Å². The number of hydrogen-bond donors (Lipinski definition) is 5. The predicted octanol–water partition coefficient (Wildman–Crippen LogP) is -3.17. The number of ether oxygens (including phenoxy) is 3. The zero-order valence-corrected chi connectivity index (χ0v) is 12.1. The van der Waals surface area contributed by atoms with Gasteiger partial charge in [-0.05, 0) is 0 Å². The van der Waals surface area contributed by atoms with Crippen molar-refractivity contribution < 1.29 is 58.9 Å². The Bertz CT molecular complexity index is 502. The molecule has 0 aliphatic carbocycles. The number of carbonyl (C=O) groups is 4. The van der Waals surface area contributed by atoms with Crippen molar-refractivity contribution in [1.82, 2.24) is 0 Å². The second kappa shape index (κ2) is 8.54. The maximum atomic E-state index is 11.3. The van der Waals surface area contributed by atoms with Crippen molar-refractivity contribution in [3.63, 3.8) is 0 Å². The van der Waals surface area contributed by atoms with Crippen molar-refractivity contribution in [3.8, 4) is 0 Å². The van der Waals surface area contributed by atoms with Crippen molar-refractivity contribution in [2.24, 2.45) is 0 Å². The van der Waals surface area contributed by atoms with Crippen LogP contribution in [-0.4, -0.2) is 86.7 Å². The molecule has 1 saturated heterocycles. The topological polar surface area (TPSA) is 197 Å². The Hall–Kier alpha value is -2.28. The lowest BCUT2D eigenvalue weighted by Crippen LogP contribution is -2.60. The molecule has 0 unspecified atom stereocenters. The highest BCUT2D eigenvalue weighted by Gasteiger charge is 2.46. The predicted molar refractivity (Wildman–Crippen MR) is 68.2 cm³/mol. The molecule has 0 aromatic carbocycles. The number of carboxylic acids is 2. The molecular formula is C12H16O12. The van der Waals surface area contributed by atoms with E-state index in [1.54, 1.807) is 0 Å². The lowest BCUT2D eigenvalue weighted by Gasteiger charge is -2.39. The van der Waals surface area contributed by atoms with Crippen LogP contribution in [0.3, 0.4) is 0 Å². The van der Waals surface area contributed by atoms with Crippen LogP contribution in [0, 0.1) is 0 Å². The van der Waals surface area contributed by atoms with E-state index >= 15 is 0 Å².